The Hall–Kier alpha value is -0.820. The van der Waals surface area contributed by atoms with Gasteiger partial charge in [0, 0.05) is 5.54 Å². The molecule has 96 valence electrons. The maximum atomic E-state index is 6.35. The van der Waals surface area contributed by atoms with E-state index in [4.69, 9.17) is 5.73 Å². The summed E-state index contributed by atoms with van der Waals surface area (Å²) in [6.45, 7) is 4.44. The molecule has 1 rings (SSSR count). The molecular formula is C16H27N. The summed E-state index contributed by atoms with van der Waals surface area (Å²) in [6, 6.07) is 10.6. The third-order valence-corrected chi connectivity index (χ3v) is 3.43. The largest absolute Gasteiger partial charge is 0.325 e. The molecule has 1 atom stereocenters. The Morgan fingerprint density at radius 2 is 1.71 bits per heavy atom. The molecule has 1 nitrogen and oxygen atoms in total. The maximum absolute atomic E-state index is 6.35. The van der Waals surface area contributed by atoms with Crippen molar-refractivity contribution in [2.24, 2.45) is 5.73 Å². The topological polar surface area (TPSA) is 26.0 Å². The van der Waals surface area contributed by atoms with E-state index in [1.54, 1.807) is 0 Å². The normalized spacial score (nSPS) is 14.5. The molecule has 2 N–H and O–H groups in total. The molecule has 0 spiro atoms. The van der Waals surface area contributed by atoms with Crippen molar-refractivity contribution in [3.63, 3.8) is 0 Å². The Bertz CT molecular complexity index is 290. The van der Waals surface area contributed by atoms with Gasteiger partial charge in [-0.1, -0.05) is 62.9 Å². The Morgan fingerprint density at radius 1 is 1.00 bits per heavy atom. The van der Waals surface area contributed by atoms with Gasteiger partial charge in [0.1, 0.15) is 0 Å². The van der Waals surface area contributed by atoms with E-state index in [1.165, 1.54) is 31.2 Å². The molecule has 0 aliphatic carbocycles. The minimum atomic E-state index is 0.00355. The van der Waals surface area contributed by atoms with Crippen molar-refractivity contribution in [2.45, 2.75) is 64.3 Å². The smallest absolute Gasteiger partial charge is 0.0129 e. The van der Waals surface area contributed by atoms with Crippen LogP contribution in [0.25, 0.3) is 0 Å². The van der Waals surface area contributed by atoms with Gasteiger partial charge in [0.05, 0.1) is 0 Å². The molecule has 0 bridgehead atoms. The molecule has 0 saturated carbocycles. The average Bonchev–Trinajstić information content (AvgIpc) is 2.34. The molecular weight excluding hydrogens is 206 g/mol. The van der Waals surface area contributed by atoms with Crippen LogP contribution in [0.5, 0.6) is 0 Å². The van der Waals surface area contributed by atoms with Crippen molar-refractivity contribution in [3.8, 4) is 0 Å². The Kier molecular flexibility index (Phi) is 6.28. The van der Waals surface area contributed by atoms with Gasteiger partial charge < -0.3 is 5.73 Å². The summed E-state index contributed by atoms with van der Waals surface area (Å²) < 4.78 is 0. The van der Waals surface area contributed by atoms with E-state index in [0.29, 0.717) is 0 Å². The lowest BCUT2D eigenvalue weighted by Crippen LogP contribution is -2.36. The van der Waals surface area contributed by atoms with Crippen LogP contribution in [0.15, 0.2) is 30.3 Å². The monoisotopic (exact) mass is 233 g/mol. The SMILES string of the molecule is CCCCCCC(C)(N)CCc1ccccc1. The van der Waals surface area contributed by atoms with Crippen molar-refractivity contribution >= 4 is 0 Å². The van der Waals surface area contributed by atoms with Gasteiger partial charge in [-0.15, -0.1) is 0 Å². The second kappa shape index (κ2) is 7.50. The molecule has 0 aliphatic heterocycles. The number of nitrogens with two attached hydrogens (primary N) is 1. The number of aryl methyl sites for hydroxylation is 1. The first kappa shape index (κ1) is 14.2. The average molecular weight is 233 g/mol. The zero-order valence-corrected chi connectivity index (χ0v) is 11.4. The van der Waals surface area contributed by atoms with E-state index < -0.39 is 0 Å². The van der Waals surface area contributed by atoms with Gasteiger partial charge in [-0.3, -0.25) is 0 Å². The molecule has 1 aromatic carbocycles. The molecule has 17 heavy (non-hydrogen) atoms. The lowest BCUT2D eigenvalue weighted by molar-refractivity contribution is 0.382. The first-order chi connectivity index (χ1) is 8.14. The third-order valence-electron chi connectivity index (χ3n) is 3.43. The summed E-state index contributed by atoms with van der Waals surface area (Å²) in [5.41, 5.74) is 7.75. The quantitative estimate of drug-likeness (QED) is 0.665. The van der Waals surface area contributed by atoms with Crippen molar-refractivity contribution in [1.29, 1.82) is 0 Å². The van der Waals surface area contributed by atoms with Crippen LogP contribution in [-0.4, -0.2) is 5.54 Å². The van der Waals surface area contributed by atoms with E-state index in [1.807, 2.05) is 0 Å². The Balaban J connectivity index is 2.24. The predicted molar refractivity (Wildman–Crippen MR) is 76.1 cm³/mol. The molecule has 1 heteroatoms. The molecule has 0 aromatic heterocycles. The van der Waals surface area contributed by atoms with Gasteiger partial charge >= 0.3 is 0 Å². The second-order valence-corrected chi connectivity index (χ2v) is 5.45. The zero-order chi connectivity index (χ0) is 12.6. The molecule has 1 aromatic rings. The van der Waals surface area contributed by atoms with Gasteiger partial charge in [0.15, 0.2) is 0 Å². The van der Waals surface area contributed by atoms with E-state index in [9.17, 15) is 0 Å². The van der Waals surface area contributed by atoms with Crippen LogP contribution in [0.4, 0.5) is 0 Å². The maximum Gasteiger partial charge on any atom is 0.0129 e. The number of hydrogen-bond acceptors (Lipinski definition) is 1. The molecule has 0 amide bonds. The van der Waals surface area contributed by atoms with Crippen molar-refractivity contribution in [1.82, 2.24) is 0 Å². The fourth-order valence-electron chi connectivity index (χ4n) is 2.16. The zero-order valence-electron chi connectivity index (χ0n) is 11.4. The fourth-order valence-corrected chi connectivity index (χ4v) is 2.16. The number of hydrogen-bond donors (Lipinski definition) is 1. The van der Waals surface area contributed by atoms with Gasteiger partial charge in [0.2, 0.25) is 0 Å². The van der Waals surface area contributed by atoms with E-state index in [2.05, 4.69) is 44.2 Å². The summed E-state index contributed by atoms with van der Waals surface area (Å²) in [7, 11) is 0. The molecule has 1 unspecified atom stereocenters. The van der Waals surface area contributed by atoms with E-state index in [0.717, 1.165) is 19.3 Å². The highest BCUT2D eigenvalue weighted by Gasteiger charge is 2.17. The van der Waals surface area contributed by atoms with E-state index >= 15 is 0 Å². The third kappa shape index (κ3) is 6.48. The summed E-state index contributed by atoms with van der Waals surface area (Å²) in [5, 5.41) is 0. The second-order valence-electron chi connectivity index (χ2n) is 5.45. The number of rotatable bonds is 8. The standard InChI is InChI=1S/C16H27N/c1-3-4-5-9-13-16(2,17)14-12-15-10-7-6-8-11-15/h6-8,10-11H,3-5,9,12-14,17H2,1-2H3. The minimum absolute atomic E-state index is 0.00355. The Morgan fingerprint density at radius 3 is 2.35 bits per heavy atom. The van der Waals surface area contributed by atoms with Gasteiger partial charge in [0.25, 0.3) is 0 Å². The molecule has 0 saturated heterocycles. The van der Waals surface area contributed by atoms with Crippen molar-refractivity contribution < 1.29 is 0 Å². The molecule has 0 fully saturated rings. The predicted octanol–water partition coefficient (Wildman–Crippen LogP) is 4.31. The number of unbranched alkanes of at least 4 members (excludes halogenated alkanes) is 3. The lowest BCUT2D eigenvalue weighted by atomic mass is 9.89. The first-order valence-electron chi connectivity index (χ1n) is 6.97. The van der Waals surface area contributed by atoms with Crippen LogP contribution in [0, 0.1) is 0 Å². The van der Waals surface area contributed by atoms with Crippen LogP contribution < -0.4 is 5.73 Å². The van der Waals surface area contributed by atoms with Crippen molar-refractivity contribution in [2.75, 3.05) is 0 Å². The van der Waals surface area contributed by atoms with Crippen LogP contribution in [0.2, 0.25) is 0 Å². The van der Waals surface area contributed by atoms with E-state index in [-0.39, 0.29) is 5.54 Å². The fraction of sp³-hybridized carbons (Fsp3) is 0.625. The first-order valence-corrected chi connectivity index (χ1v) is 6.97. The van der Waals surface area contributed by atoms with Gasteiger partial charge in [-0.2, -0.15) is 0 Å². The van der Waals surface area contributed by atoms with Crippen LogP contribution in [0.3, 0.4) is 0 Å². The minimum Gasteiger partial charge on any atom is -0.325 e. The molecule has 0 radical (unpaired) electrons. The Labute approximate surface area is 106 Å². The van der Waals surface area contributed by atoms with Crippen LogP contribution >= 0.6 is 0 Å². The molecule has 0 aliphatic rings. The van der Waals surface area contributed by atoms with Gasteiger partial charge in [-0.25, -0.2) is 0 Å². The lowest BCUT2D eigenvalue weighted by Gasteiger charge is -2.24. The highest BCUT2D eigenvalue weighted by Crippen LogP contribution is 2.18. The summed E-state index contributed by atoms with van der Waals surface area (Å²) >= 11 is 0. The summed E-state index contributed by atoms with van der Waals surface area (Å²) in [6.07, 6.45) is 8.58. The summed E-state index contributed by atoms with van der Waals surface area (Å²) in [4.78, 5) is 0. The highest BCUT2D eigenvalue weighted by molar-refractivity contribution is 5.15. The van der Waals surface area contributed by atoms with Crippen molar-refractivity contribution in [3.05, 3.63) is 35.9 Å². The molecule has 0 heterocycles. The van der Waals surface area contributed by atoms with Crippen LogP contribution in [-0.2, 0) is 6.42 Å². The summed E-state index contributed by atoms with van der Waals surface area (Å²) in [5.74, 6) is 0. The van der Waals surface area contributed by atoms with Gasteiger partial charge in [-0.05, 0) is 31.7 Å². The highest BCUT2D eigenvalue weighted by atomic mass is 14.7. The van der Waals surface area contributed by atoms with Crippen LogP contribution in [0.1, 0.15) is 57.9 Å². The number of benzene rings is 1.